The predicted molar refractivity (Wildman–Crippen MR) is 91.8 cm³/mol. The van der Waals surface area contributed by atoms with Crippen LogP contribution in [0.5, 0.6) is 0 Å². The highest BCUT2D eigenvalue weighted by Gasteiger charge is 2.66. The summed E-state index contributed by atoms with van der Waals surface area (Å²) in [6.45, 7) is 5.96. The van der Waals surface area contributed by atoms with Gasteiger partial charge in [-0.15, -0.1) is 0 Å². The molecule has 5 atom stereocenters. The van der Waals surface area contributed by atoms with Gasteiger partial charge in [-0.1, -0.05) is 30.7 Å². The Morgan fingerprint density at radius 2 is 1.92 bits per heavy atom. The number of benzene rings is 1. The average molecular weight is 328 g/mol. The first-order valence-electron chi connectivity index (χ1n) is 9.59. The van der Waals surface area contributed by atoms with Crippen LogP contribution in [0.15, 0.2) is 18.2 Å². The Morgan fingerprint density at radius 1 is 1.12 bits per heavy atom. The van der Waals surface area contributed by atoms with Gasteiger partial charge in [0.05, 0.1) is 19.3 Å². The largest absolute Gasteiger partial charge is 0.392 e. The first-order chi connectivity index (χ1) is 11.5. The minimum atomic E-state index is -0.379. The summed E-state index contributed by atoms with van der Waals surface area (Å²) in [6, 6.07) is 6.84. The fraction of sp³-hybridized carbons (Fsp3) is 0.714. The zero-order valence-electron chi connectivity index (χ0n) is 14.8. The number of aliphatic hydroxyl groups excluding tert-OH is 1. The van der Waals surface area contributed by atoms with Gasteiger partial charge >= 0.3 is 0 Å². The van der Waals surface area contributed by atoms with E-state index in [0.717, 1.165) is 45.3 Å². The normalized spacial score (nSPS) is 42.6. The molecule has 1 heterocycles. The molecule has 3 nitrogen and oxygen atoms in total. The molecule has 0 bridgehead atoms. The maximum absolute atomic E-state index is 11.1. The highest BCUT2D eigenvalue weighted by atomic mass is 16.7. The topological polar surface area (TPSA) is 38.7 Å². The number of hydrogen-bond acceptors (Lipinski definition) is 3. The minimum Gasteiger partial charge on any atom is -0.392 e. The van der Waals surface area contributed by atoms with E-state index in [1.54, 1.807) is 0 Å². The van der Waals surface area contributed by atoms with E-state index in [4.69, 9.17) is 9.47 Å². The van der Waals surface area contributed by atoms with Gasteiger partial charge < -0.3 is 14.6 Å². The number of rotatable bonds is 0. The Kier molecular flexibility index (Phi) is 3.24. The molecule has 4 aliphatic rings. The molecule has 3 aliphatic carbocycles. The van der Waals surface area contributed by atoms with Gasteiger partial charge in [0.25, 0.3) is 0 Å². The number of hydrogen-bond donors (Lipinski definition) is 1. The molecule has 1 saturated heterocycles. The van der Waals surface area contributed by atoms with Gasteiger partial charge in [-0.3, -0.25) is 0 Å². The van der Waals surface area contributed by atoms with E-state index in [0.29, 0.717) is 17.8 Å². The Balaban J connectivity index is 1.55. The number of aliphatic hydroxyl groups is 1. The van der Waals surface area contributed by atoms with Gasteiger partial charge in [0.1, 0.15) is 0 Å². The van der Waals surface area contributed by atoms with Crippen LogP contribution >= 0.6 is 0 Å². The van der Waals surface area contributed by atoms with Crippen molar-refractivity contribution in [2.45, 2.75) is 63.8 Å². The average Bonchev–Trinajstić information content (AvgIpc) is 3.14. The van der Waals surface area contributed by atoms with E-state index in [-0.39, 0.29) is 17.3 Å². The summed E-state index contributed by atoms with van der Waals surface area (Å²) < 4.78 is 12.3. The lowest BCUT2D eigenvalue weighted by molar-refractivity contribution is -0.240. The fourth-order valence-corrected chi connectivity index (χ4v) is 6.62. The van der Waals surface area contributed by atoms with Crippen molar-refractivity contribution in [2.24, 2.45) is 17.3 Å². The van der Waals surface area contributed by atoms with E-state index in [1.165, 1.54) is 16.7 Å². The monoisotopic (exact) mass is 328 g/mol. The molecule has 0 aromatic heterocycles. The van der Waals surface area contributed by atoms with Crippen molar-refractivity contribution in [2.75, 3.05) is 13.2 Å². The zero-order chi connectivity index (χ0) is 16.5. The van der Waals surface area contributed by atoms with Crippen LogP contribution in [-0.4, -0.2) is 30.2 Å². The van der Waals surface area contributed by atoms with Crippen molar-refractivity contribution in [3.8, 4) is 0 Å². The molecule has 1 aromatic rings. The molecule has 1 aromatic carbocycles. The molecule has 130 valence electrons. The molecule has 3 heteroatoms. The SMILES string of the molecule is Cc1ccc2c(c1)C[C@@H](O)C1C2CC[C@@]2(C)C1CCC21OCCO1. The molecule has 3 fully saturated rings. The first-order valence-corrected chi connectivity index (χ1v) is 9.59. The third-order valence-electron chi connectivity index (χ3n) is 7.70. The Morgan fingerprint density at radius 3 is 2.71 bits per heavy atom. The van der Waals surface area contributed by atoms with E-state index in [2.05, 4.69) is 32.0 Å². The number of fused-ring (bicyclic) bond motifs is 6. The molecular formula is C21H28O3. The van der Waals surface area contributed by atoms with Crippen molar-refractivity contribution in [1.82, 2.24) is 0 Å². The standard InChI is InChI=1S/C21H28O3/c1-13-3-4-15-14(11-13)12-18(22)19-16(15)5-7-20(2)17(19)6-8-21(20)23-9-10-24-21/h3-4,11,16-19,22H,5-10,12H2,1-2H3/t16?,17?,18-,19?,20+/m1/s1. The van der Waals surface area contributed by atoms with Crippen LogP contribution in [0.4, 0.5) is 0 Å². The van der Waals surface area contributed by atoms with Crippen LogP contribution in [0.3, 0.4) is 0 Å². The van der Waals surface area contributed by atoms with Crippen LogP contribution in [0.2, 0.25) is 0 Å². The Labute approximate surface area is 144 Å². The van der Waals surface area contributed by atoms with E-state index >= 15 is 0 Å². The van der Waals surface area contributed by atoms with Crippen LogP contribution in [0, 0.1) is 24.2 Å². The van der Waals surface area contributed by atoms with Gasteiger partial charge in [0, 0.05) is 11.8 Å². The maximum atomic E-state index is 11.1. The first kappa shape index (κ1) is 15.4. The lowest BCUT2D eigenvalue weighted by atomic mass is 9.54. The smallest absolute Gasteiger partial charge is 0.174 e. The summed E-state index contributed by atoms with van der Waals surface area (Å²) in [5, 5.41) is 11.1. The molecule has 0 amide bonds. The number of ether oxygens (including phenoxy) is 2. The van der Waals surface area contributed by atoms with Crippen LogP contribution in [0.1, 0.15) is 55.2 Å². The lowest BCUT2D eigenvalue weighted by Crippen LogP contribution is -2.54. The van der Waals surface area contributed by atoms with Gasteiger partial charge in [0.15, 0.2) is 5.79 Å². The van der Waals surface area contributed by atoms with Gasteiger partial charge in [0.2, 0.25) is 0 Å². The third kappa shape index (κ3) is 1.84. The van der Waals surface area contributed by atoms with Crippen LogP contribution in [-0.2, 0) is 15.9 Å². The van der Waals surface area contributed by atoms with E-state index in [1.807, 2.05) is 0 Å². The molecule has 2 saturated carbocycles. The van der Waals surface area contributed by atoms with Crippen LogP contribution in [0.25, 0.3) is 0 Å². The summed E-state index contributed by atoms with van der Waals surface area (Å²) in [4.78, 5) is 0. The summed E-state index contributed by atoms with van der Waals surface area (Å²) in [5.41, 5.74) is 4.21. The second-order valence-corrected chi connectivity index (χ2v) is 8.71. The molecule has 1 spiro atoms. The van der Waals surface area contributed by atoms with Gasteiger partial charge in [-0.05, 0) is 61.5 Å². The summed E-state index contributed by atoms with van der Waals surface area (Å²) in [7, 11) is 0. The van der Waals surface area contributed by atoms with Crippen molar-refractivity contribution < 1.29 is 14.6 Å². The summed E-state index contributed by atoms with van der Waals surface area (Å²) in [6.07, 6.45) is 4.96. The lowest BCUT2D eigenvalue weighted by Gasteiger charge is -2.54. The summed E-state index contributed by atoms with van der Waals surface area (Å²) >= 11 is 0. The molecule has 0 radical (unpaired) electrons. The van der Waals surface area contributed by atoms with Crippen LogP contribution < -0.4 is 0 Å². The van der Waals surface area contributed by atoms with Gasteiger partial charge in [-0.2, -0.15) is 0 Å². The molecular weight excluding hydrogens is 300 g/mol. The van der Waals surface area contributed by atoms with Crippen molar-refractivity contribution in [3.05, 3.63) is 34.9 Å². The highest BCUT2D eigenvalue weighted by molar-refractivity contribution is 5.39. The van der Waals surface area contributed by atoms with Crippen molar-refractivity contribution in [3.63, 3.8) is 0 Å². The molecule has 1 N–H and O–H groups in total. The highest BCUT2D eigenvalue weighted by Crippen LogP contribution is 2.66. The fourth-order valence-electron chi connectivity index (χ4n) is 6.62. The number of aryl methyl sites for hydroxylation is 1. The van der Waals surface area contributed by atoms with Crippen molar-refractivity contribution in [1.29, 1.82) is 0 Å². The quantitative estimate of drug-likeness (QED) is 0.791. The Hall–Kier alpha value is -0.900. The van der Waals surface area contributed by atoms with E-state index < -0.39 is 0 Å². The second-order valence-electron chi connectivity index (χ2n) is 8.71. The molecule has 24 heavy (non-hydrogen) atoms. The molecule has 1 aliphatic heterocycles. The predicted octanol–water partition coefficient (Wildman–Crippen LogP) is 3.57. The zero-order valence-corrected chi connectivity index (χ0v) is 14.8. The maximum Gasteiger partial charge on any atom is 0.174 e. The summed E-state index contributed by atoms with van der Waals surface area (Å²) in [5.74, 6) is 0.972. The van der Waals surface area contributed by atoms with E-state index in [9.17, 15) is 5.11 Å². The molecule has 3 unspecified atom stereocenters. The minimum absolute atomic E-state index is 0.0495. The third-order valence-corrected chi connectivity index (χ3v) is 7.70. The Bertz CT molecular complexity index is 663. The van der Waals surface area contributed by atoms with Crippen molar-refractivity contribution >= 4 is 0 Å². The molecule has 5 rings (SSSR count). The second kappa shape index (κ2) is 5.06. The van der Waals surface area contributed by atoms with Gasteiger partial charge in [-0.25, -0.2) is 0 Å².